The third-order valence-corrected chi connectivity index (χ3v) is 4.00. The Kier molecular flexibility index (Phi) is 4.89. The fourth-order valence-electron chi connectivity index (χ4n) is 1.39. The zero-order chi connectivity index (χ0) is 13.9. The summed E-state index contributed by atoms with van der Waals surface area (Å²) in [7, 11) is 1.61. The molecule has 0 aliphatic rings. The SMILES string of the molecule is CC(C)C(Br)CNC(=O)c1cc([N+](=O)[O-])cn1C. The molecule has 0 fully saturated rings. The van der Waals surface area contributed by atoms with Crippen molar-refractivity contribution in [2.24, 2.45) is 13.0 Å². The zero-order valence-electron chi connectivity index (χ0n) is 10.5. The summed E-state index contributed by atoms with van der Waals surface area (Å²) in [6.45, 7) is 4.56. The van der Waals surface area contributed by atoms with Crippen LogP contribution in [0.25, 0.3) is 0 Å². The highest BCUT2D eigenvalue weighted by Crippen LogP contribution is 2.15. The lowest BCUT2D eigenvalue weighted by molar-refractivity contribution is -0.384. The minimum Gasteiger partial charge on any atom is -0.350 e. The summed E-state index contributed by atoms with van der Waals surface area (Å²) in [5, 5.41) is 13.3. The first-order valence-corrected chi connectivity index (χ1v) is 6.47. The predicted molar refractivity (Wildman–Crippen MR) is 72.0 cm³/mol. The molecule has 0 saturated carbocycles. The molecule has 1 heterocycles. The smallest absolute Gasteiger partial charge is 0.287 e. The Morgan fingerprint density at radius 2 is 2.22 bits per heavy atom. The van der Waals surface area contributed by atoms with Gasteiger partial charge in [-0.1, -0.05) is 29.8 Å². The first-order chi connectivity index (χ1) is 8.32. The van der Waals surface area contributed by atoms with Crippen molar-refractivity contribution >= 4 is 27.5 Å². The average Bonchev–Trinajstić information content (AvgIpc) is 2.67. The molecular weight excluding hydrogens is 302 g/mol. The van der Waals surface area contributed by atoms with Crippen LogP contribution in [0.5, 0.6) is 0 Å². The molecule has 1 aromatic rings. The number of nitro groups is 1. The van der Waals surface area contributed by atoms with Crippen molar-refractivity contribution in [3.05, 3.63) is 28.1 Å². The Bertz CT molecular complexity index is 456. The maximum absolute atomic E-state index is 11.9. The number of nitrogens with zero attached hydrogens (tertiary/aromatic N) is 2. The number of amides is 1. The van der Waals surface area contributed by atoms with Gasteiger partial charge in [0.2, 0.25) is 0 Å². The summed E-state index contributed by atoms with van der Waals surface area (Å²) in [5.41, 5.74) is 0.201. The van der Waals surface area contributed by atoms with E-state index >= 15 is 0 Å². The van der Waals surface area contributed by atoms with E-state index in [-0.39, 0.29) is 22.1 Å². The molecule has 0 aromatic carbocycles. The van der Waals surface area contributed by atoms with E-state index in [1.165, 1.54) is 16.8 Å². The van der Waals surface area contributed by atoms with Crippen molar-refractivity contribution in [2.45, 2.75) is 18.7 Å². The lowest BCUT2D eigenvalue weighted by Gasteiger charge is -2.14. The highest BCUT2D eigenvalue weighted by molar-refractivity contribution is 9.09. The molecule has 1 rings (SSSR count). The molecule has 1 unspecified atom stereocenters. The molecule has 0 spiro atoms. The van der Waals surface area contributed by atoms with Crippen LogP contribution in [-0.4, -0.2) is 26.8 Å². The van der Waals surface area contributed by atoms with Crippen molar-refractivity contribution in [2.75, 3.05) is 6.54 Å². The molecule has 0 radical (unpaired) electrons. The van der Waals surface area contributed by atoms with Crippen LogP contribution in [0.1, 0.15) is 24.3 Å². The maximum atomic E-state index is 11.9. The number of hydrogen-bond donors (Lipinski definition) is 1. The van der Waals surface area contributed by atoms with Crippen LogP contribution in [0.15, 0.2) is 12.3 Å². The number of hydrogen-bond acceptors (Lipinski definition) is 3. The number of halogens is 1. The third-order valence-electron chi connectivity index (χ3n) is 2.61. The first kappa shape index (κ1) is 14.7. The molecule has 0 saturated heterocycles. The average molecular weight is 318 g/mol. The number of aromatic nitrogens is 1. The third kappa shape index (κ3) is 3.56. The van der Waals surface area contributed by atoms with Gasteiger partial charge in [0.25, 0.3) is 11.6 Å². The second-order valence-electron chi connectivity index (χ2n) is 4.42. The van der Waals surface area contributed by atoms with E-state index in [1.54, 1.807) is 7.05 Å². The number of carbonyl (C=O) groups is 1. The largest absolute Gasteiger partial charge is 0.350 e. The van der Waals surface area contributed by atoms with Crippen molar-refractivity contribution in [3.63, 3.8) is 0 Å². The molecule has 0 aliphatic carbocycles. The molecule has 100 valence electrons. The van der Waals surface area contributed by atoms with E-state index in [0.29, 0.717) is 12.5 Å². The number of rotatable bonds is 5. The highest BCUT2D eigenvalue weighted by atomic mass is 79.9. The fraction of sp³-hybridized carbons (Fsp3) is 0.545. The van der Waals surface area contributed by atoms with Crippen molar-refractivity contribution in [1.29, 1.82) is 0 Å². The van der Waals surface area contributed by atoms with Crippen LogP contribution < -0.4 is 5.32 Å². The lowest BCUT2D eigenvalue weighted by atomic mass is 10.1. The van der Waals surface area contributed by atoms with E-state index in [2.05, 4.69) is 21.2 Å². The second-order valence-corrected chi connectivity index (χ2v) is 5.60. The Labute approximate surface area is 114 Å². The first-order valence-electron chi connectivity index (χ1n) is 5.56. The van der Waals surface area contributed by atoms with Crippen molar-refractivity contribution in [3.8, 4) is 0 Å². The van der Waals surface area contributed by atoms with Gasteiger partial charge in [0, 0.05) is 24.5 Å². The van der Waals surface area contributed by atoms with Crippen LogP contribution in [0.3, 0.4) is 0 Å². The maximum Gasteiger partial charge on any atom is 0.287 e. The van der Waals surface area contributed by atoms with Gasteiger partial charge < -0.3 is 9.88 Å². The van der Waals surface area contributed by atoms with Crippen LogP contribution in [0.4, 0.5) is 5.69 Å². The van der Waals surface area contributed by atoms with Gasteiger partial charge in [-0.25, -0.2) is 0 Å². The molecule has 0 bridgehead atoms. The second kappa shape index (κ2) is 5.99. The van der Waals surface area contributed by atoms with Gasteiger partial charge >= 0.3 is 0 Å². The normalized spacial score (nSPS) is 12.5. The van der Waals surface area contributed by atoms with Gasteiger partial charge in [0.15, 0.2) is 0 Å². The molecule has 0 aliphatic heterocycles. The molecule has 1 N–H and O–H groups in total. The van der Waals surface area contributed by atoms with Gasteiger partial charge in [-0.3, -0.25) is 14.9 Å². The molecule has 1 amide bonds. The Morgan fingerprint density at radius 1 is 1.61 bits per heavy atom. The van der Waals surface area contributed by atoms with E-state index in [4.69, 9.17) is 0 Å². The van der Waals surface area contributed by atoms with Crippen LogP contribution in [-0.2, 0) is 7.05 Å². The molecule has 1 atom stereocenters. The number of carbonyl (C=O) groups excluding carboxylic acids is 1. The lowest BCUT2D eigenvalue weighted by Crippen LogP contribution is -2.32. The summed E-state index contributed by atoms with van der Waals surface area (Å²) >= 11 is 3.46. The highest BCUT2D eigenvalue weighted by Gasteiger charge is 2.18. The van der Waals surface area contributed by atoms with E-state index in [9.17, 15) is 14.9 Å². The monoisotopic (exact) mass is 317 g/mol. The van der Waals surface area contributed by atoms with Crippen molar-refractivity contribution < 1.29 is 9.72 Å². The molecule has 7 heteroatoms. The van der Waals surface area contributed by atoms with Crippen LogP contribution >= 0.6 is 15.9 Å². The van der Waals surface area contributed by atoms with Gasteiger partial charge in [-0.05, 0) is 5.92 Å². The van der Waals surface area contributed by atoms with Gasteiger partial charge in [0.1, 0.15) is 5.69 Å². The fourth-order valence-corrected chi connectivity index (χ4v) is 1.55. The summed E-state index contributed by atoms with van der Waals surface area (Å²) in [5.74, 6) is 0.0868. The van der Waals surface area contributed by atoms with E-state index < -0.39 is 4.92 Å². The zero-order valence-corrected chi connectivity index (χ0v) is 12.1. The van der Waals surface area contributed by atoms with Crippen LogP contribution in [0.2, 0.25) is 0 Å². The summed E-state index contributed by atoms with van der Waals surface area (Å²) in [6, 6.07) is 1.27. The number of alkyl halides is 1. The summed E-state index contributed by atoms with van der Waals surface area (Å²) in [4.78, 5) is 22.1. The van der Waals surface area contributed by atoms with E-state index in [1.807, 2.05) is 13.8 Å². The molecule has 1 aromatic heterocycles. The standard InChI is InChI=1S/C11H16BrN3O3/c1-7(2)9(12)5-13-11(16)10-4-8(15(17)18)6-14(10)3/h4,6-7,9H,5H2,1-3H3,(H,13,16). The van der Waals surface area contributed by atoms with Gasteiger partial charge in [0.05, 0.1) is 11.1 Å². The topological polar surface area (TPSA) is 77.2 Å². The van der Waals surface area contributed by atoms with Gasteiger partial charge in [-0.2, -0.15) is 0 Å². The number of aryl methyl sites for hydroxylation is 1. The van der Waals surface area contributed by atoms with Crippen LogP contribution in [0, 0.1) is 16.0 Å². The summed E-state index contributed by atoms with van der Waals surface area (Å²) in [6.07, 6.45) is 1.32. The quantitative estimate of drug-likeness (QED) is 0.513. The minimum atomic E-state index is -0.516. The Hall–Kier alpha value is -1.37. The Balaban J connectivity index is 2.70. The van der Waals surface area contributed by atoms with Gasteiger partial charge in [-0.15, -0.1) is 0 Å². The number of nitrogens with one attached hydrogen (secondary N) is 1. The predicted octanol–water partition coefficient (Wildman–Crippen LogP) is 2.08. The molecular formula is C11H16BrN3O3. The Morgan fingerprint density at radius 3 is 2.67 bits per heavy atom. The molecule has 6 nitrogen and oxygen atoms in total. The summed E-state index contributed by atoms with van der Waals surface area (Å²) < 4.78 is 1.45. The minimum absolute atomic E-state index is 0.0816. The van der Waals surface area contributed by atoms with Crippen molar-refractivity contribution in [1.82, 2.24) is 9.88 Å². The molecule has 18 heavy (non-hydrogen) atoms. The van der Waals surface area contributed by atoms with E-state index in [0.717, 1.165) is 0 Å².